The molecule has 2 N–H and O–H groups in total. The lowest BCUT2D eigenvalue weighted by molar-refractivity contribution is 0.110. The second-order valence-electron chi connectivity index (χ2n) is 5.54. The number of nitrogens with zero attached hydrogens (tertiary/aromatic N) is 1. The van der Waals surface area contributed by atoms with Gasteiger partial charge in [0.25, 0.3) is 0 Å². The van der Waals surface area contributed by atoms with Crippen molar-refractivity contribution < 1.29 is 0 Å². The van der Waals surface area contributed by atoms with Gasteiger partial charge in [-0.05, 0) is 44.8 Å². The van der Waals surface area contributed by atoms with Crippen LogP contribution in [0, 0.1) is 5.92 Å². The monoisotopic (exact) mass is 240 g/mol. The summed E-state index contributed by atoms with van der Waals surface area (Å²) < 4.78 is 0. The zero-order valence-corrected chi connectivity index (χ0v) is 12.0. The highest BCUT2D eigenvalue weighted by atomic mass is 15.2. The van der Waals surface area contributed by atoms with Crippen LogP contribution < -0.4 is 5.73 Å². The molecule has 0 aromatic heterocycles. The maximum atomic E-state index is 5.94. The van der Waals surface area contributed by atoms with Crippen LogP contribution in [0.5, 0.6) is 0 Å². The average molecular weight is 240 g/mol. The molecule has 1 rings (SSSR count). The fraction of sp³-hybridized carbons (Fsp3) is 1.00. The number of hydrogen-bond donors (Lipinski definition) is 1. The highest BCUT2D eigenvalue weighted by molar-refractivity contribution is 4.83. The van der Waals surface area contributed by atoms with Crippen molar-refractivity contribution in [2.75, 3.05) is 19.6 Å². The molecule has 0 saturated heterocycles. The molecule has 1 fully saturated rings. The van der Waals surface area contributed by atoms with Crippen LogP contribution in [-0.2, 0) is 0 Å². The Morgan fingerprint density at radius 2 is 1.82 bits per heavy atom. The smallest absolute Gasteiger partial charge is 0.0135 e. The third-order valence-corrected chi connectivity index (χ3v) is 4.35. The van der Waals surface area contributed by atoms with E-state index in [1.165, 1.54) is 64.5 Å². The van der Waals surface area contributed by atoms with E-state index in [0.29, 0.717) is 0 Å². The molecule has 1 aliphatic carbocycles. The molecule has 0 aromatic rings. The van der Waals surface area contributed by atoms with E-state index in [4.69, 9.17) is 5.73 Å². The van der Waals surface area contributed by atoms with Crippen molar-refractivity contribution in [3.8, 4) is 0 Å². The van der Waals surface area contributed by atoms with E-state index in [9.17, 15) is 0 Å². The Labute approximate surface area is 108 Å². The van der Waals surface area contributed by atoms with Gasteiger partial charge in [0.1, 0.15) is 0 Å². The highest BCUT2D eigenvalue weighted by Gasteiger charge is 2.27. The molecule has 0 amide bonds. The standard InChI is InChI=1S/C15H32N2/c1-3-5-6-9-12-17(4-2)15-11-8-7-10-14(15)13-16/h14-15H,3-13,16H2,1-2H3. The summed E-state index contributed by atoms with van der Waals surface area (Å²) in [4.78, 5) is 2.70. The topological polar surface area (TPSA) is 29.3 Å². The van der Waals surface area contributed by atoms with Gasteiger partial charge >= 0.3 is 0 Å². The van der Waals surface area contributed by atoms with Crippen LogP contribution in [0.2, 0.25) is 0 Å². The molecule has 2 atom stereocenters. The lowest BCUT2D eigenvalue weighted by Crippen LogP contribution is -2.45. The van der Waals surface area contributed by atoms with Crippen LogP contribution in [0.3, 0.4) is 0 Å². The molecule has 0 aromatic carbocycles. The average Bonchev–Trinajstić information content (AvgIpc) is 2.39. The van der Waals surface area contributed by atoms with Gasteiger partial charge in [-0.15, -0.1) is 0 Å². The van der Waals surface area contributed by atoms with Crippen molar-refractivity contribution in [3.63, 3.8) is 0 Å². The Balaban J connectivity index is 2.35. The summed E-state index contributed by atoms with van der Waals surface area (Å²) in [6, 6.07) is 0.778. The summed E-state index contributed by atoms with van der Waals surface area (Å²) in [5, 5.41) is 0. The molecular weight excluding hydrogens is 208 g/mol. The molecule has 0 heterocycles. The van der Waals surface area contributed by atoms with Gasteiger partial charge in [-0.3, -0.25) is 0 Å². The normalized spacial score (nSPS) is 25.4. The van der Waals surface area contributed by atoms with E-state index < -0.39 is 0 Å². The first-order chi connectivity index (χ1) is 8.33. The molecule has 0 aliphatic heterocycles. The second kappa shape index (κ2) is 8.93. The highest BCUT2D eigenvalue weighted by Crippen LogP contribution is 2.28. The molecule has 102 valence electrons. The van der Waals surface area contributed by atoms with Gasteiger partial charge in [-0.2, -0.15) is 0 Å². The van der Waals surface area contributed by atoms with E-state index in [0.717, 1.165) is 18.5 Å². The van der Waals surface area contributed by atoms with Crippen LogP contribution in [-0.4, -0.2) is 30.6 Å². The van der Waals surface area contributed by atoms with Crippen molar-refractivity contribution in [3.05, 3.63) is 0 Å². The van der Waals surface area contributed by atoms with Gasteiger partial charge in [0, 0.05) is 6.04 Å². The summed E-state index contributed by atoms with van der Waals surface area (Å²) in [6.45, 7) is 7.96. The second-order valence-corrected chi connectivity index (χ2v) is 5.54. The summed E-state index contributed by atoms with van der Waals surface area (Å²) in [7, 11) is 0. The van der Waals surface area contributed by atoms with Crippen molar-refractivity contribution >= 4 is 0 Å². The molecule has 0 spiro atoms. The van der Waals surface area contributed by atoms with Crippen molar-refractivity contribution in [2.45, 2.75) is 71.3 Å². The molecule has 2 unspecified atom stereocenters. The van der Waals surface area contributed by atoms with Gasteiger partial charge in [0.05, 0.1) is 0 Å². The SMILES string of the molecule is CCCCCCN(CC)C1CCCCC1CN. The molecule has 2 heteroatoms. The largest absolute Gasteiger partial charge is 0.330 e. The summed E-state index contributed by atoms with van der Waals surface area (Å²) in [6.07, 6.45) is 11.0. The minimum Gasteiger partial charge on any atom is -0.330 e. The Morgan fingerprint density at radius 3 is 2.47 bits per heavy atom. The van der Waals surface area contributed by atoms with Crippen LogP contribution in [0.15, 0.2) is 0 Å². The predicted octanol–water partition coefficient (Wildman–Crippen LogP) is 3.41. The van der Waals surface area contributed by atoms with Gasteiger partial charge in [0.2, 0.25) is 0 Å². The molecule has 17 heavy (non-hydrogen) atoms. The Bertz CT molecular complexity index is 182. The van der Waals surface area contributed by atoms with E-state index in [1.54, 1.807) is 0 Å². The summed E-state index contributed by atoms with van der Waals surface area (Å²) >= 11 is 0. The van der Waals surface area contributed by atoms with Crippen molar-refractivity contribution in [2.24, 2.45) is 11.7 Å². The molecule has 0 bridgehead atoms. The summed E-state index contributed by atoms with van der Waals surface area (Å²) in [5.74, 6) is 0.759. The quantitative estimate of drug-likeness (QED) is 0.659. The first kappa shape index (κ1) is 15.0. The maximum absolute atomic E-state index is 5.94. The van der Waals surface area contributed by atoms with Crippen LogP contribution >= 0.6 is 0 Å². The van der Waals surface area contributed by atoms with Crippen molar-refractivity contribution in [1.82, 2.24) is 4.90 Å². The number of rotatable bonds is 8. The molecular formula is C15H32N2. The predicted molar refractivity (Wildman–Crippen MR) is 76.2 cm³/mol. The van der Waals surface area contributed by atoms with E-state index in [-0.39, 0.29) is 0 Å². The van der Waals surface area contributed by atoms with E-state index in [2.05, 4.69) is 18.7 Å². The van der Waals surface area contributed by atoms with Gasteiger partial charge < -0.3 is 10.6 Å². The van der Waals surface area contributed by atoms with Crippen LogP contribution in [0.1, 0.15) is 65.2 Å². The zero-order chi connectivity index (χ0) is 12.5. The minimum absolute atomic E-state index is 0.759. The lowest BCUT2D eigenvalue weighted by Gasteiger charge is -2.39. The third-order valence-electron chi connectivity index (χ3n) is 4.35. The molecule has 1 aliphatic rings. The fourth-order valence-corrected chi connectivity index (χ4v) is 3.24. The lowest BCUT2D eigenvalue weighted by atomic mass is 9.83. The van der Waals surface area contributed by atoms with E-state index in [1.807, 2.05) is 0 Å². The van der Waals surface area contributed by atoms with Gasteiger partial charge in [-0.1, -0.05) is 46.0 Å². The zero-order valence-electron chi connectivity index (χ0n) is 12.0. The Hall–Kier alpha value is -0.0800. The fourth-order valence-electron chi connectivity index (χ4n) is 3.24. The third kappa shape index (κ3) is 4.97. The number of nitrogens with two attached hydrogens (primary N) is 1. The molecule has 1 saturated carbocycles. The van der Waals surface area contributed by atoms with Crippen LogP contribution in [0.4, 0.5) is 0 Å². The maximum Gasteiger partial charge on any atom is 0.0135 e. The van der Waals surface area contributed by atoms with Gasteiger partial charge in [0.15, 0.2) is 0 Å². The Morgan fingerprint density at radius 1 is 1.06 bits per heavy atom. The number of hydrogen-bond acceptors (Lipinski definition) is 2. The molecule has 2 nitrogen and oxygen atoms in total. The first-order valence-corrected chi connectivity index (χ1v) is 7.77. The van der Waals surface area contributed by atoms with Crippen LogP contribution in [0.25, 0.3) is 0 Å². The number of unbranched alkanes of at least 4 members (excludes halogenated alkanes) is 3. The Kier molecular flexibility index (Phi) is 7.87. The molecule has 0 radical (unpaired) electrons. The first-order valence-electron chi connectivity index (χ1n) is 7.77. The van der Waals surface area contributed by atoms with Gasteiger partial charge in [-0.25, -0.2) is 0 Å². The van der Waals surface area contributed by atoms with E-state index >= 15 is 0 Å². The van der Waals surface area contributed by atoms with Crippen molar-refractivity contribution in [1.29, 1.82) is 0 Å². The minimum atomic E-state index is 0.759. The summed E-state index contributed by atoms with van der Waals surface area (Å²) in [5.41, 5.74) is 5.94.